The van der Waals surface area contributed by atoms with Gasteiger partial charge in [0.15, 0.2) is 11.5 Å². The molecule has 21 heavy (non-hydrogen) atoms. The molecule has 1 aromatic carbocycles. The van der Waals surface area contributed by atoms with E-state index in [4.69, 9.17) is 9.84 Å². The van der Waals surface area contributed by atoms with Crippen molar-refractivity contribution < 1.29 is 24.2 Å². The Morgan fingerprint density at radius 2 is 2.19 bits per heavy atom. The fourth-order valence-electron chi connectivity index (χ4n) is 1.97. The summed E-state index contributed by atoms with van der Waals surface area (Å²) in [5.74, 6) is -0.624. The van der Waals surface area contributed by atoms with E-state index in [2.05, 4.69) is 5.32 Å². The third kappa shape index (κ3) is 3.50. The number of aliphatic carboxylic acids is 1. The number of nitrogens with one attached hydrogen (secondary N) is 1. The molecule has 0 radical (unpaired) electrons. The summed E-state index contributed by atoms with van der Waals surface area (Å²) in [6.07, 6.45) is 0.189. The normalized spacial score (nSPS) is 13.1. The summed E-state index contributed by atoms with van der Waals surface area (Å²) in [7, 11) is 1.50. The van der Waals surface area contributed by atoms with Crippen LogP contribution in [0.5, 0.6) is 5.75 Å². The quantitative estimate of drug-likeness (QED) is 0.878. The standard InChI is InChI=1S/C14H16N2O5/c1-16(7-5-12(18)19)14(20)15-10-4-2-3-9-11(17)6-8-21-13(9)10/h2-4H,5-8H2,1H3,(H,15,20)(H,18,19). The van der Waals surface area contributed by atoms with Crippen molar-refractivity contribution in [1.82, 2.24) is 4.90 Å². The molecule has 0 aliphatic carbocycles. The van der Waals surface area contributed by atoms with Gasteiger partial charge in [-0.3, -0.25) is 9.59 Å². The first-order valence-corrected chi connectivity index (χ1v) is 6.52. The summed E-state index contributed by atoms with van der Waals surface area (Å²) in [6.45, 7) is 0.379. The number of ether oxygens (including phenoxy) is 1. The topological polar surface area (TPSA) is 95.9 Å². The first-order chi connectivity index (χ1) is 9.99. The van der Waals surface area contributed by atoms with Crippen LogP contribution in [0.1, 0.15) is 23.2 Å². The maximum atomic E-state index is 12.0. The van der Waals surface area contributed by atoms with Gasteiger partial charge in [0, 0.05) is 20.0 Å². The lowest BCUT2D eigenvalue weighted by Gasteiger charge is -2.22. The van der Waals surface area contributed by atoms with E-state index in [1.807, 2.05) is 0 Å². The lowest BCUT2D eigenvalue weighted by atomic mass is 10.0. The molecule has 0 saturated heterocycles. The Morgan fingerprint density at radius 1 is 1.43 bits per heavy atom. The Hall–Kier alpha value is -2.57. The number of carboxylic acids is 1. The number of carboxylic acid groups (broad SMARTS) is 1. The molecule has 0 fully saturated rings. The van der Waals surface area contributed by atoms with Crippen LogP contribution in [0.15, 0.2) is 18.2 Å². The fourth-order valence-corrected chi connectivity index (χ4v) is 1.97. The Morgan fingerprint density at radius 3 is 2.90 bits per heavy atom. The van der Waals surface area contributed by atoms with E-state index in [1.54, 1.807) is 18.2 Å². The Labute approximate surface area is 121 Å². The SMILES string of the molecule is CN(CCC(=O)O)C(=O)Nc1cccc2c1OCCC2=O. The highest BCUT2D eigenvalue weighted by atomic mass is 16.5. The summed E-state index contributed by atoms with van der Waals surface area (Å²) in [4.78, 5) is 35.5. The highest BCUT2D eigenvalue weighted by Crippen LogP contribution is 2.32. The van der Waals surface area contributed by atoms with Crippen LogP contribution < -0.4 is 10.1 Å². The molecule has 1 aliphatic heterocycles. The van der Waals surface area contributed by atoms with E-state index in [1.165, 1.54) is 11.9 Å². The number of benzene rings is 1. The first kappa shape index (κ1) is 14.8. The Bertz CT molecular complexity index is 585. The van der Waals surface area contributed by atoms with Gasteiger partial charge in [-0.15, -0.1) is 0 Å². The molecule has 0 saturated carbocycles. The zero-order chi connectivity index (χ0) is 15.4. The minimum Gasteiger partial charge on any atom is -0.490 e. The lowest BCUT2D eigenvalue weighted by Crippen LogP contribution is -2.33. The van der Waals surface area contributed by atoms with Gasteiger partial charge in [-0.05, 0) is 12.1 Å². The number of para-hydroxylation sites is 1. The maximum absolute atomic E-state index is 12.0. The average Bonchev–Trinajstić information content (AvgIpc) is 2.45. The number of amides is 2. The predicted octanol–water partition coefficient (Wildman–Crippen LogP) is 1.59. The highest BCUT2D eigenvalue weighted by molar-refractivity contribution is 6.03. The molecule has 1 heterocycles. The van der Waals surface area contributed by atoms with E-state index in [-0.39, 0.29) is 25.4 Å². The van der Waals surface area contributed by atoms with Crippen molar-refractivity contribution in [3.63, 3.8) is 0 Å². The van der Waals surface area contributed by atoms with Gasteiger partial charge in [0.25, 0.3) is 0 Å². The number of carbonyl (C=O) groups excluding carboxylic acids is 2. The van der Waals surface area contributed by atoms with Crippen molar-refractivity contribution in [3.05, 3.63) is 23.8 Å². The van der Waals surface area contributed by atoms with Crippen molar-refractivity contribution in [1.29, 1.82) is 0 Å². The molecule has 112 valence electrons. The summed E-state index contributed by atoms with van der Waals surface area (Å²) in [6, 6.07) is 4.51. The number of nitrogens with zero attached hydrogens (tertiary/aromatic N) is 1. The highest BCUT2D eigenvalue weighted by Gasteiger charge is 2.22. The number of hydrogen-bond donors (Lipinski definition) is 2. The second-order valence-electron chi connectivity index (χ2n) is 4.70. The van der Waals surface area contributed by atoms with E-state index < -0.39 is 12.0 Å². The van der Waals surface area contributed by atoms with Gasteiger partial charge in [0.1, 0.15) is 0 Å². The van der Waals surface area contributed by atoms with Crippen LogP contribution in [0.2, 0.25) is 0 Å². The van der Waals surface area contributed by atoms with Crippen molar-refractivity contribution in [2.45, 2.75) is 12.8 Å². The second-order valence-corrected chi connectivity index (χ2v) is 4.70. The summed E-state index contributed by atoms with van der Waals surface area (Å²) >= 11 is 0. The summed E-state index contributed by atoms with van der Waals surface area (Å²) < 4.78 is 5.46. The van der Waals surface area contributed by atoms with E-state index in [0.717, 1.165) is 0 Å². The molecule has 2 rings (SSSR count). The Balaban J connectivity index is 2.09. The molecule has 1 aliphatic rings. The number of anilines is 1. The van der Waals surface area contributed by atoms with Gasteiger partial charge in [-0.2, -0.15) is 0 Å². The summed E-state index contributed by atoms with van der Waals surface area (Å²) in [5.41, 5.74) is 0.861. The smallest absolute Gasteiger partial charge is 0.321 e. The number of Topliss-reactive ketones (excluding diaryl/α,β-unsaturated/α-hetero) is 1. The van der Waals surface area contributed by atoms with Crippen LogP contribution in [0, 0.1) is 0 Å². The van der Waals surface area contributed by atoms with Gasteiger partial charge in [-0.1, -0.05) is 6.07 Å². The zero-order valence-corrected chi connectivity index (χ0v) is 11.6. The molecule has 7 heteroatoms. The van der Waals surface area contributed by atoms with Gasteiger partial charge >= 0.3 is 12.0 Å². The third-order valence-corrected chi connectivity index (χ3v) is 3.14. The summed E-state index contributed by atoms with van der Waals surface area (Å²) in [5, 5.41) is 11.2. The monoisotopic (exact) mass is 292 g/mol. The second kappa shape index (κ2) is 6.25. The van der Waals surface area contributed by atoms with Gasteiger partial charge in [-0.25, -0.2) is 4.79 Å². The fraction of sp³-hybridized carbons (Fsp3) is 0.357. The molecule has 0 bridgehead atoms. The Kier molecular flexibility index (Phi) is 4.42. The van der Waals surface area contributed by atoms with E-state index in [9.17, 15) is 14.4 Å². The number of hydrogen-bond acceptors (Lipinski definition) is 4. The maximum Gasteiger partial charge on any atom is 0.321 e. The molecule has 0 spiro atoms. The molecule has 2 N–H and O–H groups in total. The van der Waals surface area contributed by atoms with Crippen molar-refractivity contribution in [2.24, 2.45) is 0 Å². The number of fused-ring (bicyclic) bond motifs is 1. The van der Waals surface area contributed by atoms with Crippen LogP contribution in [0.25, 0.3) is 0 Å². The molecule has 0 unspecified atom stereocenters. The van der Waals surface area contributed by atoms with Crippen LogP contribution in [0.4, 0.5) is 10.5 Å². The molecule has 2 amide bonds. The van der Waals surface area contributed by atoms with Gasteiger partial charge in [0.2, 0.25) is 0 Å². The molecule has 0 atom stereocenters. The average molecular weight is 292 g/mol. The van der Waals surface area contributed by atoms with Gasteiger partial charge in [0.05, 0.1) is 24.3 Å². The minimum absolute atomic E-state index is 0.0217. The lowest BCUT2D eigenvalue weighted by molar-refractivity contribution is -0.137. The first-order valence-electron chi connectivity index (χ1n) is 6.52. The minimum atomic E-state index is -0.972. The number of ketones is 1. The number of urea groups is 1. The van der Waals surface area contributed by atoms with Crippen LogP contribution in [-0.4, -0.2) is 48.0 Å². The van der Waals surface area contributed by atoms with Crippen LogP contribution >= 0.6 is 0 Å². The zero-order valence-electron chi connectivity index (χ0n) is 11.6. The largest absolute Gasteiger partial charge is 0.490 e. The van der Waals surface area contributed by atoms with Crippen molar-refractivity contribution >= 4 is 23.5 Å². The molecule has 0 aromatic heterocycles. The third-order valence-electron chi connectivity index (χ3n) is 3.14. The molecular weight excluding hydrogens is 276 g/mol. The van der Waals surface area contributed by atoms with E-state index >= 15 is 0 Å². The van der Waals surface area contributed by atoms with Crippen LogP contribution in [0.3, 0.4) is 0 Å². The van der Waals surface area contributed by atoms with Crippen molar-refractivity contribution in [2.75, 3.05) is 25.5 Å². The number of rotatable bonds is 4. The molecule has 7 nitrogen and oxygen atoms in total. The van der Waals surface area contributed by atoms with Crippen LogP contribution in [-0.2, 0) is 4.79 Å². The van der Waals surface area contributed by atoms with Gasteiger partial charge < -0.3 is 20.1 Å². The predicted molar refractivity (Wildman–Crippen MR) is 74.8 cm³/mol. The van der Waals surface area contributed by atoms with E-state index in [0.29, 0.717) is 23.4 Å². The number of carbonyl (C=O) groups is 3. The molecule has 1 aromatic rings. The molecular formula is C14H16N2O5. The van der Waals surface area contributed by atoms with Crippen molar-refractivity contribution in [3.8, 4) is 5.75 Å².